The Morgan fingerprint density at radius 1 is 1.27 bits per heavy atom. The summed E-state index contributed by atoms with van der Waals surface area (Å²) in [7, 11) is 0. The van der Waals surface area contributed by atoms with Crippen molar-refractivity contribution in [2.24, 2.45) is 0 Å². The molecule has 0 saturated carbocycles. The molecule has 0 aliphatic carbocycles. The number of pyridine rings is 1. The first-order valence-electron chi connectivity index (χ1n) is 3.44. The lowest BCUT2D eigenvalue weighted by atomic mass is 10.3. The summed E-state index contributed by atoms with van der Waals surface area (Å²) in [5.74, 6) is -1.64. The van der Waals surface area contributed by atoms with Crippen molar-refractivity contribution in [2.75, 3.05) is 0 Å². The molecule has 0 saturated heterocycles. The minimum absolute atomic E-state index is 0.156. The fraction of sp³-hybridized carbons (Fsp3) is 0.286. The summed E-state index contributed by atoms with van der Waals surface area (Å²) in [6.07, 6.45) is -8.40. The second-order valence-corrected chi connectivity index (χ2v) is 2.89. The lowest BCUT2D eigenvalue weighted by molar-refractivity contribution is -0.141. The van der Waals surface area contributed by atoms with Crippen LogP contribution in [0.1, 0.15) is 17.8 Å². The first kappa shape index (κ1) is 12.1. The van der Waals surface area contributed by atoms with Crippen LogP contribution in [0.15, 0.2) is 6.07 Å². The smallest absolute Gasteiger partial charge is 0.239 e. The SMILES string of the molecule is Fc1c(Cl)cc(C(F)(F)F)nc1C(F)F. The van der Waals surface area contributed by atoms with Gasteiger partial charge in [-0.1, -0.05) is 11.6 Å². The van der Waals surface area contributed by atoms with Crippen LogP contribution in [0.5, 0.6) is 0 Å². The summed E-state index contributed by atoms with van der Waals surface area (Å²) in [4.78, 5) is 2.47. The van der Waals surface area contributed by atoms with Gasteiger partial charge in [-0.05, 0) is 6.07 Å². The zero-order valence-corrected chi connectivity index (χ0v) is 7.50. The Balaban J connectivity index is 3.36. The average molecular weight is 250 g/mol. The summed E-state index contributed by atoms with van der Waals surface area (Å²) in [6.45, 7) is 0. The first-order valence-corrected chi connectivity index (χ1v) is 3.82. The number of rotatable bonds is 1. The van der Waals surface area contributed by atoms with Crippen LogP contribution >= 0.6 is 11.6 Å². The number of nitrogens with zero attached hydrogens (tertiary/aromatic N) is 1. The van der Waals surface area contributed by atoms with Gasteiger partial charge in [0.15, 0.2) is 5.82 Å². The fourth-order valence-electron chi connectivity index (χ4n) is 0.807. The Labute approximate surface area is 84.7 Å². The molecular weight excluding hydrogens is 248 g/mol. The number of aromatic nitrogens is 1. The third-order valence-electron chi connectivity index (χ3n) is 1.44. The summed E-state index contributed by atoms with van der Waals surface area (Å²) in [6, 6.07) is 0.156. The Morgan fingerprint density at radius 2 is 1.80 bits per heavy atom. The van der Waals surface area contributed by atoms with Gasteiger partial charge in [0.2, 0.25) is 0 Å². The molecule has 1 aromatic rings. The van der Waals surface area contributed by atoms with Crippen LogP contribution in [0.3, 0.4) is 0 Å². The number of hydrogen-bond acceptors (Lipinski definition) is 1. The van der Waals surface area contributed by atoms with E-state index >= 15 is 0 Å². The molecule has 84 valence electrons. The molecule has 8 heteroatoms. The van der Waals surface area contributed by atoms with E-state index in [0.29, 0.717) is 0 Å². The van der Waals surface area contributed by atoms with Crippen molar-refractivity contribution in [3.63, 3.8) is 0 Å². The van der Waals surface area contributed by atoms with Gasteiger partial charge in [-0.3, -0.25) is 0 Å². The molecule has 0 aromatic carbocycles. The van der Waals surface area contributed by atoms with E-state index in [4.69, 9.17) is 11.6 Å². The van der Waals surface area contributed by atoms with Gasteiger partial charge < -0.3 is 0 Å². The summed E-state index contributed by atoms with van der Waals surface area (Å²) >= 11 is 5.02. The van der Waals surface area contributed by atoms with Crippen molar-refractivity contribution in [2.45, 2.75) is 12.6 Å². The van der Waals surface area contributed by atoms with Crippen LogP contribution in [0.4, 0.5) is 26.3 Å². The highest BCUT2D eigenvalue weighted by Crippen LogP contribution is 2.33. The lowest BCUT2D eigenvalue weighted by Gasteiger charge is -2.09. The van der Waals surface area contributed by atoms with E-state index in [1.54, 1.807) is 0 Å². The minimum Gasteiger partial charge on any atom is -0.239 e. The zero-order valence-electron chi connectivity index (χ0n) is 6.75. The largest absolute Gasteiger partial charge is 0.433 e. The van der Waals surface area contributed by atoms with Crippen molar-refractivity contribution >= 4 is 11.6 Å². The van der Waals surface area contributed by atoms with Crippen molar-refractivity contribution in [1.82, 2.24) is 4.98 Å². The molecule has 0 spiro atoms. The third-order valence-corrected chi connectivity index (χ3v) is 1.71. The van der Waals surface area contributed by atoms with E-state index in [9.17, 15) is 26.3 Å². The molecule has 1 nitrogen and oxygen atoms in total. The maximum absolute atomic E-state index is 12.8. The molecule has 0 aliphatic heterocycles. The molecule has 0 amide bonds. The fourth-order valence-corrected chi connectivity index (χ4v) is 1.01. The zero-order chi connectivity index (χ0) is 11.8. The Kier molecular flexibility index (Phi) is 3.13. The predicted molar refractivity (Wildman–Crippen MR) is 39.2 cm³/mol. The Bertz CT molecular complexity index is 374. The Hall–Kier alpha value is -0.980. The standard InChI is InChI=1S/C7H2ClF6N/c8-2-1-3(7(12,13)14)15-5(4(2)9)6(10)11/h1,6H. The van der Waals surface area contributed by atoms with Crippen LogP contribution in [0.2, 0.25) is 5.02 Å². The van der Waals surface area contributed by atoms with Crippen LogP contribution < -0.4 is 0 Å². The van der Waals surface area contributed by atoms with Crippen LogP contribution in [-0.4, -0.2) is 4.98 Å². The molecule has 0 bridgehead atoms. The van der Waals surface area contributed by atoms with Gasteiger partial charge in [-0.2, -0.15) is 13.2 Å². The van der Waals surface area contributed by atoms with E-state index in [1.807, 2.05) is 0 Å². The van der Waals surface area contributed by atoms with Crippen molar-refractivity contribution < 1.29 is 26.3 Å². The monoisotopic (exact) mass is 249 g/mol. The molecule has 15 heavy (non-hydrogen) atoms. The van der Waals surface area contributed by atoms with Crippen LogP contribution in [0, 0.1) is 5.82 Å². The predicted octanol–water partition coefficient (Wildman–Crippen LogP) is 3.83. The van der Waals surface area contributed by atoms with Gasteiger partial charge in [-0.25, -0.2) is 18.2 Å². The van der Waals surface area contributed by atoms with E-state index < -0.39 is 34.8 Å². The van der Waals surface area contributed by atoms with Gasteiger partial charge in [0.1, 0.15) is 11.4 Å². The second-order valence-electron chi connectivity index (χ2n) is 2.49. The molecular formula is C7H2ClF6N. The van der Waals surface area contributed by atoms with Gasteiger partial charge in [0.05, 0.1) is 5.02 Å². The highest BCUT2D eigenvalue weighted by atomic mass is 35.5. The van der Waals surface area contributed by atoms with Crippen molar-refractivity contribution in [3.8, 4) is 0 Å². The molecule has 0 aliphatic rings. The number of halogens is 7. The minimum atomic E-state index is -4.94. The average Bonchev–Trinajstić information content (AvgIpc) is 2.06. The first-order chi connectivity index (χ1) is 6.73. The summed E-state index contributed by atoms with van der Waals surface area (Å²) in [5.41, 5.74) is -3.25. The van der Waals surface area contributed by atoms with E-state index in [1.165, 1.54) is 0 Å². The molecule has 1 heterocycles. The highest BCUT2D eigenvalue weighted by Gasteiger charge is 2.35. The van der Waals surface area contributed by atoms with Crippen LogP contribution in [0.25, 0.3) is 0 Å². The van der Waals surface area contributed by atoms with Gasteiger partial charge >= 0.3 is 6.18 Å². The van der Waals surface area contributed by atoms with E-state index in [0.717, 1.165) is 0 Å². The van der Waals surface area contributed by atoms with Gasteiger partial charge in [-0.15, -0.1) is 0 Å². The lowest BCUT2D eigenvalue weighted by Crippen LogP contribution is -2.11. The van der Waals surface area contributed by atoms with Gasteiger partial charge in [0, 0.05) is 0 Å². The van der Waals surface area contributed by atoms with Gasteiger partial charge in [0.25, 0.3) is 6.43 Å². The maximum Gasteiger partial charge on any atom is 0.433 e. The molecule has 1 rings (SSSR count). The van der Waals surface area contributed by atoms with Crippen LogP contribution in [-0.2, 0) is 6.18 Å². The molecule has 0 unspecified atom stereocenters. The molecule has 0 atom stereocenters. The summed E-state index contributed by atoms with van der Waals surface area (Å²) < 4.78 is 73.0. The number of alkyl halides is 5. The highest BCUT2D eigenvalue weighted by molar-refractivity contribution is 6.30. The van der Waals surface area contributed by atoms with Crippen molar-refractivity contribution in [3.05, 3.63) is 28.3 Å². The maximum atomic E-state index is 12.8. The topological polar surface area (TPSA) is 12.9 Å². The number of hydrogen-bond donors (Lipinski definition) is 0. The molecule has 0 N–H and O–H groups in total. The quantitative estimate of drug-likeness (QED) is 0.689. The molecule has 1 aromatic heterocycles. The molecule has 0 radical (unpaired) electrons. The third kappa shape index (κ3) is 2.53. The Morgan fingerprint density at radius 3 is 2.20 bits per heavy atom. The second kappa shape index (κ2) is 3.88. The summed E-state index contributed by atoms with van der Waals surface area (Å²) in [5, 5.41) is -1.03. The normalized spacial score (nSPS) is 12.3. The van der Waals surface area contributed by atoms with E-state index in [2.05, 4.69) is 4.98 Å². The van der Waals surface area contributed by atoms with E-state index in [-0.39, 0.29) is 6.07 Å². The van der Waals surface area contributed by atoms with Crippen molar-refractivity contribution in [1.29, 1.82) is 0 Å². The molecule has 0 fully saturated rings.